The Hall–Kier alpha value is -0.650. The number of rotatable bonds is 8. The van der Waals surface area contributed by atoms with E-state index in [0.717, 1.165) is 13.1 Å². The molecule has 0 saturated carbocycles. The van der Waals surface area contributed by atoms with Crippen LogP contribution in [0.2, 0.25) is 0 Å². The fraction of sp³-hybridized carbons (Fsp3) is 0.900. The molecule has 90 valence electrons. The van der Waals surface area contributed by atoms with Gasteiger partial charge in [-0.05, 0) is 13.8 Å². The summed E-state index contributed by atoms with van der Waals surface area (Å²) in [6.07, 6.45) is -0.312. The Morgan fingerprint density at radius 3 is 2.47 bits per heavy atom. The average Bonchev–Trinajstić information content (AvgIpc) is 2.25. The monoisotopic (exact) mass is 218 g/mol. The Morgan fingerprint density at radius 2 is 2.00 bits per heavy atom. The molecule has 0 aromatic rings. The minimum absolute atomic E-state index is 0.117. The molecule has 0 aliphatic rings. The number of carbonyl (C=O) groups is 1. The van der Waals surface area contributed by atoms with E-state index in [1.165, 1.54) is 0 Å². The predicted octanol–water partition coefficient (Wildman–Crippen LogP) is -0.812. The second-order valence-electron chi connectivity index (χ2n) is 3.36. The van der Waals surface area contributed by atoms with Crippen molar-refractivity contribution in [2.75, 3.05) is 32.8 Å². The first-order valence-corrected chi connectivity index (χ1v) is 5.43. The predicted molar refractivity (Wildman–Crippen MR) is 58.5 cm³/mol. The van der Waals surface area contributed by atoms with Crippen LogP contribution in [0.4, 0.5) is 0 Å². The highest BCUT2D eigenvalue weighted by Gasteiger charge is 2.08. The standard InChI is InChI=1S/C10H22N2O3/c1-3-12(4-2)10(15)5-6-11-7-9(14)8-13/h9,11,13-14H,3-8H2,1-2H3. The minimum Gasteiger partial charge on any atom is -0.394 e. The van der Waals surface area contributed by atoms with Crippen LogP contribution in [0.15, 0.2) is 0 Å². The maximum atomic E-state index is 11.5. The van der Waals surface area contributed by atoms with E-state index in [-0.39, 0.29) is 12.5 Å². The van der Waals surface area contributed by atoms with Crippen LogP contribution in [0.3, 0.4) is 0 Å². The first-order valence-electron chi connectivity index (χ1n) is 5.43. The van der Waals surface area contributed by atoms with Crippen molar-refractivity contribution in [3.8, 4) is 0 Å². The van der Waals surface area contributed by atoms with E-state index in [1.54, 1.807) is 4.90 Å². The third-order valence-corrected chi connectivity index (χ3v) is 2.22. The topological polar surface area (TPSA) is 72.8 Å². The molecule has 3 N–H and O–H groups in total. The van der Waals surface area contributed by atoms with E-state index in [2.05, 4.69) is 5.32 Å². The Balaban J connectivity index is 3.54. The number of carbonyl (C=O) groups excluding carboxylic acids is 1. The number of aliphatic hydroxyl groups is 2. The molecule has 0 rings (SSSR count). The fourth-order valence-electron chi connectivity index (χ4n) is 1.26. The van der Waals surface area contributed by atoms with Gasteiger partial charge in [-0.1, -0.05) is 0 Å². The Labute approximate surface area is 91.1 Å². The van der Waals surface area contributed by atoms with Crippen molar-refractivity contribution in [2.45, 2.75) is 26.4 Å². The molecule has 15 heavy (non-hydrogen) atoms. The molecule has 0 aliphatic carbocycles. The smallest absolute Gasteiger partial charge is 0.223 e. The van der Waals surface area contributed by atoms with Gasteiger partial charge in [-0.25, -0.2) is 0 Å². The lowest BCUT2D eigenvalue weighted by molar-refractivity contribution is -0.130. The number of nitrogens with one attached hydrogen (secondary N) is 1. The van der Waals surface area contributed by atoms with Crippen molar-refractivity contribution in [1.29, 1.82) is 0 Å². The highest BCUT2D eigenvalue weighted by atomic mass is 16.3. The molecule has 0 spiro atoms. The van der Waals surface area contributed by atoms with Crippen molar-refractivity contribution in [2.24, 2.45) is 0 Å². The summed E-state index contributed by atoms with van der Waals surface area (Å²) < 4.78 is 0. The fourth-order valence-corrected chi connectivity index (χ4v) is 1.26. The Morgan fingerprint density at radius 1 is 1.40 bits per heavy atom. The van der Waals surface area contributed by atoms with Crippen LogP contribution in [-0.2, 0) is 4.79 Å². The van der Waals surface area contributed by atoms with E-state index in [1.807, 2.05) is 13.8 Å². The second kappa shape index (κ2) is 8.64. The molecular weight excluding hydrogens is 196 g/mol. The summed E-state index contributed by atoms with van der Waals surface area (Å²) >= 11 is 0. The first kappa shape index (κ1) is 14.3. The molecule has 5 nitrogen and oxygen atoms in total. The number of hydrogen-bond donors (Lipinski definition) is 3. The van der Waals surface area contributed by atoms with Crippen molar-refractivity contribution in [3.05, 3.63) is 0 Å². The lowest BCUT2D eigenvalue weighted by Gasteiger charge is -2.18. The van der Waals surface area contributed by atoms with Gasteiger partial charge in [0.1, 0.15) is 0 Å². The maximum absolute atomic E-state index is 11.5. The van der Waals surface area contributed by atoms with E-state index >= 15 is 0 Å². The van der Waals surface area contributed by atoms with Gasteiger partial charge in [-0.15, -0.1) is 0 Å². The van der Waals surface area contributed by atoms with Crippen LogP contribution >= 0.6 is 0 Å². The van der Waals surface area contributed by atoms with Gasteiger partial charge >= 0.3 is 0 Å². The zero-order valence-corrected chi connectivity index (χ0v) is 9.57. The van der Waals surface area contributed by atoms with E-state index < -0.39 is 6.10 Å². The van der Waals surface area contributed by atoms with Gasteiger partial charge in [0.15, 0.2) is 0 Å². The Kier molecular flexibility index (Phi) is 8.27. The van der Waals surface area contributed by atoms with Gasteiger partial charge in [0.25, 0.3) is 0 Å². The highest BCUT2D eigenvalue weighted by Crippen LogP contribution is 1.92. The molecule has 0 radical (unpaired) electrons. The van der Waals surface area contributed by atoms with Gasteiger partial charge in [0, 0.05) is 32.6 Å². The first-order chi connectivity index (χ1) is 7.15. The van der Waals surface area contributed by atoms with Crippen molar-refractivity contribution in [3.63, 3.8) is 0 Å². The molecule has 0 fully saturated rings. The van der Waals surface area contributed by atoms with Crippen molar-refractivity contribution < 1.29 is 15.0 Å². The number of amides is 1. The summed E-state index contributed by atoms with van der Waals surface area (Å²) in [6.45, 7) is 5.96. The normalized spacial score (nSPS) is 12.5. The molecule has 1 amide bonds. The molecule has 5 heteroatoms. The lowest BCUT2D eigenvalue weighted by atomic mass is 10.3. The molecule has 0 bridgehead atoms. The maximum Gasteiger partial charge on any atom is 0.223 e. The van der Waals surface area contributed by atoms with Gasteiger partial charge in [-0.3, -0.25) is 4.79 Å². The zero-order valence-electron chi connectivity index (χ0n) is 9.57. The van der Waals surface area contributed by atoms with Gasteiger partial charge < -0.3 is 20.4 Å². The highest BCUT2D eigenvalue weighted by molar-refractivity contribution is 5.76. The van der Waals surface area contributed by atoms with Gasteiger partial charge in [0.05, 0.1) is 12.7 Å². The summed E-state index contributed by atoms with van der Waals surface area (Å²) in [5.41, 5.74) is 0. The SMILES string of the molecule is CCN(CC)C(=O)CCNCC(O)CO. The van der Waals surface area contributed by atoms with Gasteiger partial charge in [-0.2, -0.15) is 0 Å². The molecule has 0 aromatic carbocycles. The third kappa shape index (κ3) is 6.43. The van der Waals surface area contributed by atoms with Crippen LogP contribution in [0.5, 0.6) is 0 Å². The summed E-state index contributed by atoms with van der Waals surface area (Å²) in [4.78, 5) is 13.3. The quantitative estimate of drug-likeness (QED) is 0.466. The van der Waals surface area contributed by atoms with Crippen LogP contribution in [-0.4, -0.2) is 59.9 Å². The summed E-state index contributed by atoms with van der Waals surface area (Å²) in [5.74, 6) is 0.117. The molecule has 0 aliphatic heterocycles. The van der Waals surface area contributed by atoms with Crippen molar-refractivity contribution in [1.82, 2.24) is 10.2 Å². The largest absolute Gasteiger partial charge is 0.394 e. The van der Waals surface area contributed by atoms with Gasteiger partial charge in [0.2, 0.25) is 5.91 Å². The molecule has 1 unspecified atom stereocenters. The second-order valence-corrected chi connectivity index (χ2v) is 3.36. The molecule has 1 atom stereocenters. The third-order valence-electron chi connectivity index (χ3n) is 2.22. The number of hydrogen-bond acceptors (Lipinski definition) is 4. The van der Waals surface area contributed by atoms with E-state index in [0.29, 0.717) is 19.5 Å². The summed E-state index contributed by atoms with van der Waals surface area (Å²) in [6, 6.07) is 0. The molecule has 0 heterocycles. The van der Waals surface area contributed by atoms with Crippen LogP contribution < -0.4 is 5.32 Å². The van der Waals surface area contributed by atoms with E-state index in [4.69, 9.17) is 10.2 Å². The zero-order chi connectivity index (χ0) is 11.7. The molecule has 0 aromatic heterocycles. The summed E-state index contributed by atoms with van der Waals surface area (Å²) in [7, 11) is 0. The molecule has 0 saturated heterocycles. The van der Waals surface area contributed by atoms with E-state index in [9.17, 15) is 4.79 Å². The lowest BCUT2D eigenvalue weighted by Crippen LogP contribution is -2.35. The summed E-state index contributed by atoms with van der Waals surface area (Å²) in [5, 5.41) is 20.5. The van der Waals surface area contributed by atoms with Crippen LogP contribution in [0.25, 0.3) is 0 Å². The molecular formula is C10H22N2O3. The minimum atomic E-state index is -0.742. The average molecular weight is 218 g/mol. The van der Waals surface area contributed by atoms with Crippen LogP contribution in [0.1, 0.15) is 20.3 Å². The number of aliphatic hydroxyl groups excluding tert-OH is 2. The van der Waals surface area contributed by atoms with Crippen LogP contribution in [0, 0.1) is 0 Å². The van der Waals surface area contributed by atoms with Crippen molar-refractivity contribution >= 4 is 5.91 Å². The Bertz CT molecular complexity index is 172. The number of nitrogens with zero attached hydrogens (tertiary/aromatic N) is 1.